The average molecular weight is 440 g/mol. The van der Waals surface area contributed by atoms with E-state index < -0.39 is 0 Å². The van der Waals surface area contributed by atoms with Gasteiger partial charge in [0, 0.05) is 44.0 Å². The van der Waals surface area contributed by atoms with E-state index >= 15 is 0 Å². The van der Waals surface area contributed by atoms with E-state index in [1.165, 1.54) is 0 Å². The third-order valence-electron chi connectivity index (χ3n) is 6.18. The molecule has 1 aliphatic rings. The largest absolute Gasteiger partial charge is 0.495 e. The Balaban J connectivity index is 1.30. The quantitative estimate of drug-likeness (QED) is 0.582. The summed E-state index contributed by atoms with van der Waals surface area (Å²) in [5.41, 5.74) is 2.94. The van der Waals surface area contributed by atoms with Gasteiger partial charge in [-0.3, -0.25) is 14.8 Å². The number of likely N-dealkylation sites (tertiary alicyclic amines) is 1. The van der Waals surface area contributed by atoms with E-state index in [2.05, 4.69) is 20.2 Å². The molecule has 32 heavy (non-hydrogen) atoms. The van der Waals surface area contributed by atoms with E-state index in [9.17, 15) is 9.18 Å². The Bertz CT molecular complexity index is 1130. The average Bonchev–Trinajstić information content (AvgIpc) is 2.82. The van der Waals surface area contributed by atoms with Gasteiger partial charge in [0.05, 0.1) is 30.0 Å². The normalized spacial score (nSPS) is 15.3. The van der Waals surface area contributed by atoms with E-state index in [0.717, 1.165) is 49.1 Å². The molecular weight excluding hydrogens is 409 g/mol. The summed E-state index contributed by atoms with van der Waals surface area (Å²) in [5.74, 6) is 0.418. The second-order valence-electron chi connectivity index (χ2n) is 8.23. The molecule has 4 rings (SSSR count). The highest BCUT2D eigenvalue weighted by Crippen LogP contribution is 2.17. The van der Waals surface area contributed by atoms with Gasteiger partial charge in [-0.05, 0) is 50.0 Å². The lowest BCUT2D eigenvalue weighted by Gasteiger charge is -2.32. The molecule has 3 aromatic heterocycles. The molecule has 3 aromatic rings. The standard InChI is InChI=1S/C24H30FN5O2/c1-3-21-20(25)12-17(15-27-21)14-26-18-6-8-29(9-7-18)10-11-30-23-13-19(32-2)16-28-22(23)4-5-24(30)31/h4-5,12-13,15-16,18,26H,3,6-11,14H2,1-2H3. The second kappa shape index (κ2) is 10.2. The number of fused-ring (bicyclic) bond motifs is 1. The molecule has 170 valence electrons. The van der Waals surface area contributed by atoms with Gasteiger partial charge in [0.25, 0.3) is 5.56 Å². The van der Waals surface area contributed by atoms with Gasteiger partial charge in [0.1, 0.15) is 11.6 Å². The molecule has 1 aliphatic heterocycles. The summed E-state index contributed by atoms with van der Waals surface area (Å²) in [6.07, 6.45) is 6.06. The molecule has 0 saturated carbocycles. The number of ether oxygens (including phenoxy) is 1. The van der Waals surface area contributed by atoms with E-state index in [0.29, 0.717) is 37.0 Å². The summed E-state index contributed by atoms with van der Waals surface area (Å²) < 4.78 is 21.0. The highest BCUT2D eigenvalue weighted by atomic mass is 19.1. The fraction of sp³-hybridized carbons (Fsp3) is 0.458. The van der Waals surface area contributed by atoms with Crippen LogP contribution in [0.3, 0.4) is 0 Å². The van der Waals surface area contributed by atoms with Gasteiger partial charge in [-0.25, -0.2) is 4.39 Å². The summed E-state index contributed by atoms with van der Waals surface area (Å²) in [6, 6.07) is 7.17. The van der Waals surface area contributed by atoms with Crippen molar-refractivity contribution in [3.8, 4) is 5.75 Å². The maximum Gasteiger partial charge on any atom is 0.251 e. The van der Waals surface area contributed by atoms with Crippen LogP contribution in [0.15, 0.2) is 41.5 Å². The molecule has 0 bridgehead atoms. The first-order chi connectivity index (χ1) is 15.6. The number of hydrogen-bond donors (Lipinski definition) is 1. The maximum atomic E-state index is 13.9. The Morgan fingerprint density at radius 2 is 1.97 bits per heavy atom. The fourth-order valence-electron chi connectivity index (χ4n) is 4.22. The Morgan fingerprint density at radius 1 is 1.16 bits per heavy atom. The van der Waals surface area contributed by atoms with Crippen molar-refractivity contribution in [2.24, 2.45) is 0 Å². The second-order valence-corrected chi connectivity index (χ2v) is 8.23. The molecule has 0 spiro atoms. The summed E-state index contributed by atoms with van der Waals surface area (Å²) in [7, 11) is 1.60. The van der Waals surface area contributed by atoms with Gasteiger partial charge in [-0.1, -0.05) is 6.92 Å². The lowest BCUT2D eigenvalue weighted by Crippen LogP contribution is -2.43. The number of hydrogen-bond acceptors (Lipinski definition) is 6. The maximum absolute atomic E-state index is 13.9. The molecule has 0 unspecified atom stereocenters. The first-order valence-electron chi connectivity index (χ1n) is 11.2. The molecule has 0 aromatic carbocycles. The van der Waals surface area contributed by atoms with Crippen LogP contribution in [0.4, 0.5) is 4.39 Å². The molecule has 4 heterocycles. The predicted molar refractivity (Wildman–Crippen MR) is 122 cm³/mol. The zero-order chi connectivity index (χ0) is 22.5. The van der Waals surface area contributed by atoms with Gasteiger partial charge in [-0.2, -0.15) is 0 Å². The Kier molecular flexibility index (Phi) is 7.12. The zero-order valence-corrected chi connectivity index (χ0v) is 18.7. The molecule has 1 saturated heterocycles. The lowest BCUT2D eigenvalue weighted by molar-refractivity contribution is 0.191. The predicted octanol–water partition coefficient (Wildman–Crippen LogP) is 2.76. The van der Waals surface area contributed by atoms with Crippen molar-refractivity contribution < 1.29 is 9.13 Å². The molecule has 0 aliphatic carbocycles. The summed E-state index contributed by atoms with van der Waals surface area (Å²) in [4.78, 5) is 23.4. The molecule has 0 amide bonds. The number of nitrogens with zero attached hydrogens (tertiary/aromatic N) is 4. The van der Waals surface area contributed by atoms with Gasteiger partial charge in [0.15, 0.2) is 0 Å². The zero-order valence-electron chi connectivity index (χ0n) is 18.7. The van der Waals surface area contributed by atoms with E-state index in [4.69, 9.17) is 4.74 Å². The summed E-state index contributed by atoms with van der Waals surface area (Å²) in [5, 5.41) is 3.53. The number of aromatic nitrogens is 3. The van der Waals surface area contributed by atoms with Crippen LogP contribution < -0.4 is 15.6 Å². The van der Waals surface area contributed by atoms with Crippen LogP contribution in [-0.4, -0.2) is 52.2 Å². The number of piperidine rings is 1. The van der Waals surface area contributed by atoms with Crippen LogP contribution in [0, 0.1) is 5.82 Å². The van der Waals surface area contributed by atoms with E-state index in [1.807, 2.05) is 13.0 Å². The van der Waals surface area contributed by atoms with Crippen molar-refractivity contribution in [3.05, 3.63) is 64.1 Å². The fourth-order valence-corrected chi connectivity index (χ4v) is 4.22. The SMILES string of the molecule is CCc1ncc(CNC2CCN(CCn3c(=O)ccc4ncc(OC)cc43)CC2)cc1F. The van der Waals surface area contributed by atoms with Crippen LogP contribution in [-0.2, 0) is 19.5 Å². The van der Waals surface area contributed by atoms with Gasteiger partial charge >= 0.3 is 0 Å². The van der Waals surface area contributed by atoms with Crippen molar-refractivity contribution in [2.45, 2.75) is 45.3 Å². The van der Waals surface area contributed by atoms with E-state index in [-0.39, 0.29) is 11.4 Å². The number of rotatable bonds is 8. The first kappa shape index (κ1) is 22.4. The van der Waals surface area contributed by atoms with Crippen LogP contribution in [0.25, 0.3) is 11.0 Å². The first-order valence-corrected chi connectivity index (χ1v) is 11.2. The van der Waals surface area contributed by atoms with E-state index in [1.54, 1.807) is 42.3 Å². The van der Waals surface area contributed by atoms with Crippen molar-refractivity contribution in [1.29, 1.82) is 0 Å². The summed E-state index contributed by atoms with van der Waals surface area (Å²) in [6.45, 7) is 5.86. The number of pyridine rings is 3. The van der Waals surface area contributed by atoms with Crippen molar-refractivity contribution in [3.63, 3.8) is 0 Å². The third kappa shape index (κ3) is 5.14. The number of nitrogens with one attached hydrogen (secondary N) is 1. The molecule has 7 nitrogen and oxygen atoms in total. The lowest BCUT2D eigenvalue weighted by atomic mass is 10.0. The van der Waals surface area contributed by atoms with Gasteiger partial charge in [-0.15, -0.1) is 0 Å². The Labute approximate surface area is 187 Å². The Hall–Kier alpha value is -2.84. The molecule has 1 N–H and O–H groups in total. The molecule has 1 fully saturated rings. The smallest absolute Gasteiger partial charge is 0.251 e. The molecular formula is C24H30FN5O2. The van der Waals surface area contributed by atoms with Crippen LogP contribution >= 0.6 is 0 Å². The highest BCUT2D eigenvalue weighted by Gasteiger charge is 2.19. The number of methoxy groups -OCH3 is 1. The van der Waals surface area contributed by atoms with Crippen LogP contribution in [0.2, 0.25) is 0 Å². The van der Waals surface area contributed by atoms with Gasteiger partial charge in [0.2, 0.25) is 0 Å². The number of aryl methyl sites for hydroxylation is 1. The molecule has 0 radical (unpaired) electrons. The van der Waals surface area contributed by atoms with Gasteiger partial charge < -0.3 is 19.5 Å². The third-order valence-corrected chi connectivity index (χ3v) is 6.18. The van der Waals surface area contributed by atoms with Crippen LogP contribution in [0.5, 0.6) is 5.75 Å². The van der Waals surface area contributed by atoms with Crippen LogP contribution in [0.1, 0.15) is 31.0 Å². The minimum absolute atomic E-state index is 0.0287. The minimum Gasteiger partial charge on any atom is -0.495 e. The van der Waals surface area contributed by atoms with Crippen molar-refractivity contribution in [1.82, 2.24) is 24.8 Å². The Morgan fingerprint density at radius 3 is 2.69 bits per heavy atom. The highest BCUT2D eigenvalue weighted by molar-refractivity contribution is 5.75. The van der Waals surface area contributed by atoms with Crippen molar-refractivity contribution >= 4 is 11.0 Å². The monoisotopic (exact) mass is 439 g/mol. The number of halogens is 1. The molecule has 0 atom stereocenters. The summed E-state index contributed by atoms with van der Waals surface area (Å²) >= 11 is 0. The van der Waals surface area contributed by atoms with Crippen molar-refractivity contribution in [2.75, 3.05) is 26.7 Å². The molecule has 8 heteroatoms. The topological polar surface area (TPSA) is 72.3 Å². The minimum atomic E-state index is -0.224.